The summed E-state index contributed by atoms with van der Waals surface area (Å²) >= 11 is 0. The van der Waals surface area contributed by atoms with E-state index in [4.69, 9.17) is 0 Å². The average molecular weight is 142 g/mol. The lowest BCUT2D eigenvalue weighted by Gasteiger charge is -2.10. The van der Waals surface area contributed by atoms with Crippen molar-refractivity contribution in [1.29, 1.82) is 0 Å². The van der Waals surface area contributed by atoms with Crippen molar-refractivity contribution < 1.29 is 0 Å². The lowest BCUT2D eigenvalue weighted by molar-refractivity contribution is 0.386. The summed E-state index contributed by atoms with van der Waals surface area (Å²) in [4.78, 5) is 6.43. The molecule has 0 spiro atoms. The van der Waals surface area contributed by atoms with Crippen LogP contribution in [-0.2, 0) is 0 Å². The number of hydrogen-bond donors (Lipinski definition) is 0. The van der Waals surface area contributed by atoms with E-state index in [0.29, 0.717) is 6.04 Å². The van der Waals surface area contributed by atoms with Gasteiger partial charge in [0.25, 0.3) is 0 Å². The van der Waals surface area contributed by atoms with Crippen molar-refractivity contribution in [2.24, 2.45) is 4.99 Å². The van der Waals surface area contributed by atoms with Gasteiger partial charge >= 0.3 is 0 Å². The molecule has 0 aromatic carbocycles. The Morgan fingerprint density at radius 1 is 1.50 bits per heavy atom. The van der Waals surface area contributed by atoms with Gasteiger partial charge in [0.05, 0.1) is 0 Å². The third-order valence-electron chi connectivity index (χ3n) is 1.40. The van der Waals surface area contributed by atoms with Crippen LogP contribution in [0.3, 0.4) is 0 Å². The topological polar surface area (TPSA) is 15.6 Å². The van der Waals surface area contributed by atoms with Gasteiger partial charge in [-0.25, -0.2) is 0 Å². The normalized spacial score (nSPS) is 14.9. The van der Waals surface area contributed by atoms with Crippen molar-refractivity contribution in [3.8, 4) is 0 Å². The Kier molecular flexibility index (Phi) is 5.22. The average Bonchev–Trinajstić information content (AvgIpc) is 1.85. The molecule has 0 aliphatic heterocycles. The fourth-order valence-electron chi connectivity index (χ4n) is 0.774. The first kappa shape index (κ1) is 9.63. The first-order chi connectivity index (χ1) is 4.66. The molecule has 0 radical (unpaired) electrons. The molecular formula is C8H18N2. The van der Waals surface area contributed by atoms with Gasteiger partial charge in [-0.05, 0) is 47.1 Å². The molecular weight excluding hydrogens is 124 g/mol. The lowest BCUT2D eigenvalue weighted by atomic mass is 10.2. The monoisotopic (exact) mass is 142 g/mol. The molecule has 1 atom stereocenters. The molecule has 0 aliphatic carbocycles. The first-order valence-electron chi connectivity index (χ1n) is 3.79. The van der Waals surface area contributed by atoms with Gasteiger partial charge in [0.15, 0.2) is 0 Å². The van der Waals surface area contributed by atoms with Gasteiger partial charge in [0.2, 0.25) is 0 Å². The third-order valence-corrected chi connectivity index (χ3v) is 1.40. The van der Waals surface area contributed by atoms with Crippen LogP contribution in [-0.4, -0.2) is 37.8 Å². The minimum Gasteiger partial charge on any atom is -0.309 e. The predicted molar refractivity (Wildman–Crippen MR) is 46.8 cm³/mol. The molecule has 0 amide bonds. The van der Waals surface area contributed by atoms with Gasteiger partial charge in [0, 0.05) is 6.04 Å². The molecule has 0 N–H and O–H groups in total. The second-order valence-corrected chi connectivity index (χ2v) is 2.85. The van der Waals surface area contributed by atoms with E-state index < -0.39 is 0 Å². The van der Waals surface area contributed by atoms with Crippen molar-refractivity contribution in [2.75, 3.05) is 20.6 Å². The molecule has 10 heavy (non-hydrogen) atoms. The summed E-state index contributed by atoms with van der Waals surface area (Å²) in [6, 6.07) is 0.479. The van der Waals surface area contributed by atoms with Gasteiger partial charge in [-0.1, -0.05) is 0 Å². The highest BCUT2D eigenvalue weighted by Gasteiger charge is 1.97. The quantitative estimate of drug-likeness (QED) is 0.542. The van der Waals surface area contributed by atoms with Crippen molar-refractivity contribution in [2.45, 2.75) is 26.3 Å². The summed E-state index contributed by atoms with van der Waals surface area (Å²) in [6.07, 6.45) is 3.03. The maximum absolute atomic E-state index is 4.24. The van der Waals surface area contributed by atoms with Crippen molar-refractivity contribution >= 4 is 6.21 Å². The summed E-state index contributed by atoms with van der Waals surface area (Å²) < 4.78 is 0. The second-order valence-electron chi connectivity index (χ2n) is 2.85. The maximum Gasteiger partial charge on any atom is 0.0479 e. The molecule has 0 aromatic heterocycles. The molecule has 0 saturated carbocycles. The van der Waals surface area contributed by atoms with Crippen molar-refractivity contribution in [1.82, 2.24) is 4.90 Å². The summed E-state index contributed by atoms with van der Waals surface area (Å²) in [5.41, 5.74) is 0. The minimum absolute atomic E-state index is 0.479. The van der Waals surface area contributed by atoms with Crippen LogP contribution in [0.15, 0.2) is 4.99 Å². The molecule has 2 heteroatoms. The Bertz CT molecular complexity index is 97.4. The molecule has 0 aromatic rings. The van der Waals surface area contributed by atoms with E-state index in [9.17, 15) is 0 Å². The van der Waals surface area contributed by atoms with Gasteiger partial charge in [-0.3, -0.25) is 4.99 Å². The fourth-order valence-corrected chi connectivity index (χ4v) is 0.774. The Morgan fingerprint density at radius 3 is 2.50 bits per heavy atom. The first-order valence-corrected chi connectivity index (χ1v) is 3.79. The number of nitrogens with zero attached hydrogens (tertiary/aromatic N) is 2. The number of rotatable bonds is 4. The van der Waals surface area contributed by atoms with E-state index in [0.717, 1.165) is 13.0 Å². The van der Waals surface area contributed by atoms with Gasteiger partial charge in [-0.2, -0.15) is 0 Å². The van der Waals surface area contributed by atoms with Crippen LogP contribution < -0.4 is 0 Å². The Morgan fingerprint density at radius 2 is 2.10 bits per heavy atom. The molecule has 1 unspecified atom stereocenters. The van der Waals surface area contributed by atoms with Crippen LogP contribution in [0.4, 0.5) is 0 Å². The Labute approximate surface area is 63.9 Å². The molecule has 60 valence electrons. The van der Waals surface area contributed by atoms with E-state index in [1.165, 1.54) is 0 Å². The van der Waals surface area contributed by atoms with Crippen molar-refractivity contribution in [3.63, 3.8) is 0 Å². The number of aliphatic imine (C=N–C) groups is 1. The van der Waals surface area contributed by atoms with E-state index >= 15 is 0 Å². The molecule has 0 heterocycles. The smallest absolute Gasteiger partial charge is 0.0479 e. The van der Waals surface area contributed by atoms with Crippen LogP contribution in [0.2, 0.25) is 0 Å². The zero-order valence-corrected chi connectivity index (χ0v) is 7.46. The highest BCUT2D eigenvalue weighted by Crippen LogP contribution is 1.95. The van der Waals surface area contributed by atoms with Crippen LogP contribution in [0.5, 0.6) is 0 Å². The van der Waals surface area contributed by atoms with Crippen LogP contribution in [0.25, 0.3) is 0 Å². The third kappa shape index (κ3) is 5.76. The standard InChI is InChI=1S/C8H18N2/c1-5-9-8(2)6-7-10(3)4/h5,8H,6-7H2,1-4H3/b9-5-. The van der Waals surface area contributed by atoms with E-state index in [1.807, 2.05) is 13.1 Å². The molecule has 0 aliphatic rings. The summed E-state index contributed by atoms with van der Waals surface area (Å²) in [6.45, 7) is 5.23. The SMILES string of the molecule is C/C=N\C(C)CCN(C)C. The highest BCUT2D eigenvalue weighted by atomic mass is 15.0. The van der Waals surface area contributed by atoms with Crippen molar-refractivity contribution in [3.05, 3.63) is 0 Å². The summed E-state index contributed by atoms with van der Waals surface area (Å²) in [5.74, 6) is 0. The Balaban J connectivity index is 3.30. The van der Waals surface area contributed by atoms with Gasteiger partial charge in [0.1, 0.15) is 0 Å². The fraction of sp³-hybridized carbons (Fsp3) is 0.875. The molecule has 2 nitrogen and oxygen atoms in total. The molecule has 0 bridgehead atoms. The molecule has 0 rings (SSSR count). The van der Waals surface area contributed by atoms with Gasteiger partial charge < -0.3 is 4.90 Å². The Hall–Kier alpha value is -0.370. The predicted octanol–water partition coefficient (Wildman–Crippen LogP) is 1.42. The largest absolute Gasteiger partial charge is 0.309 e. The summed E-state index contributed by atoms with van der Waals surface area (Å²) in [5, 5.41) is 0. The zero-order chi connectivity index (χ0) is 7.98. The maximum atomic E-state index is 4.24. The van der Waals surface area contributed by atoms with Crippen LogP contribution in [0.1, 0.15) is 20.3 Å². The van der Waals surface area contributed by atoms with E-state index in [-0.39, 0.29) is 0 Å². The minimum atomic E-state index is 0.479. The number of hydrogen-bond acceptors (Lipinski definition) is 2. The lowest BCUT2D eigenvalue weighted by Crippen LogP contribution is -2.16. The van der Waals surface area contributed by atoms with Crippen LogP contribution in [0, 0.1) is 0 Å². The molecule has 0 saturated heterocycles. The summed E-state index contributed by atoms with van der Waals surface area (Å²) in [7, 11) is 4.17. The van der Waals surface area contributed by atoms with Crippen LogP contribution >= 0.6 is 0 Å². The molecule has 0 fully saturated rings. The zero-order valence-electron chi connectivity index (χ0n) is 7.46. The van der Waals surface area contributed by atoms with E-state index in [1.54, 1.807) is 0 Å². The second kappa shape index (κ2) is 5.42. The highest BCUT2D eigenvalue weighted by molar-refractivity contribution is 5.53. The van der Waals surface area contributed by atoms with E-state index in [2.05, 4.69) is 30.9 Å². The van der Waals surface area contributed by atoms with Gasteiger partial charge in [-0.15, -0.1) is 0 Å².